The van der Waals surface area contributed by atoms with E-state index in [4.69, 9.17) is 9.47 Å². The highest BCUT2D eigenvalue weighted by Crippen LogP contribution is 2.36. The van der Waals surface area contributed by atoms with Gasteiger partial charge in [0.2, 0.25) is 0 Å². The van der Waals surface area contributed by atoms with Crippen LogP contribution in [0.4, 0.5) is 0 Å². The van der Waals surface area contributed by atoms with E-state index in [0.29, 0.717) is 13.2 Å². The Balaban J connectivity index is 1.74. The maximum Gasteiger partial charge on any atom is 0.313 e. The van der Waals surface area contributed by atoms with Crippen LogP contribution < -0.4 is 0 Å². The molecule has 0 spiro atoms. The van der Waals surface area contributed by atoms with E-state index in [9.17, 15) is 4.79 Å². The van der Waals surface area contributed by atoms with Gasteiger partial charge in [0.25, 0.3) is 0 Å². The van der Waals surface area contributed by atoms with Crippen molar-refractivity contribution in [2.45, 2.75) is 32.7 Å². The summed E-state index contributed by atoms with van der Waals surface area (Å²) in [4.78, 5) is 16.4. The molecule has 0 unspecified atom stereocenters. The highest BCUT2D eigenvalue weighted by Gasteiger charge is 2.43. The first kappa shape index (κ1) is 18.4. The van der Waals surface area contributed by atoms with E-state index in [2.05, 4.69) is 35.2 Å². The van der Waals surface area contributed by atoms with Crippen molar-refractivity contribution in [1.82, 2.24) is 4.90 Å². The highest BCUT2D eigenvalue weighted by atomic mass is 32.1. The standard InChI is InChI=1S/C20H27NO3S/c1-3-24-19(22)20(10-12-23-2)9-6-11-21(15-20)14-17-13-16-7-4-5-8-18(16)25-17/h4-5,7-8,13H,3,6,9-12,14-15H2,1-2H3/t20-/m1/s1. The number of hydrogen-bond acceptors (Lipinski definition) is 5. The van der Waals surface area contributed by atoms with Crippen molar-refractivity contribution in [2.24, 2.45) is 5.41 Å². The summed E-state index contributed by atoms with van der Waals surface area (Å²) in [6.45, 7) is 5.58. The highest BCUT2D eigenvalue weighted by molar-refractivity contribution is 7.19. The molecular weight excluding hydrogens is 334 g/mol. The monoisotopic (exact) mass is 361 g/mol. The number of likely N-dealkylation sites (tertiary alicyclic amines) is 1. The molecule has 1 aliphatic heterocycles. The van der Waals surface area contributed by atoms with Gasteiger partial charge in [0.15, 0.2) is 0 Å². The lowest BCUT2D eigenvalue weighted by atomic mass is 9.77. The predicted octanol–water partition coefficient (Wildman–Crippen LogP) is 4.08. The van der Waals surface area contributed by atoms with Crippen molar-refractivity contribution in [3.63, 3.8) is 0 Å². The first-order valence-electron chi connectivity index (χ1n) is 9.03. The van der Waals surface area contributed by atoms with E-state index in [-0.39, 0.29) is 5.97 Å². The number of nitrogens with zero attached hydrogens (tertiary/aromatic N) is 1. The summed E-state index contributed by atoms with van der Waals surface area (Å²) in [6, 6.07) is 10.8. The van der Waals surface area contributed by atoms with Gasteiger partial charge in [-0.1, -0.05) is 18.2 Å². The number of ether oxygens (including phenoxy) is 2. The lowest BCUT2D eigenvalue weighted by Crippen LogP contribution is -2.48. The smallest absolute Gasteiger partial charge is 0.313 e. The number of thiophene rings is 1. The zero-order chi connectivity index (χ0) is 17.7. The Morgan fingerprint density at radius 2 is 2.20 bits per heavy atom. The number of piperidine rings is 1. The summed E-state index contributed by atoms with van der Waals surface area (Å²) < 4.78 is 12.0. The Morgan fingerprint density at radius 3 is 2.96 bits per heavy atom. The van der Waals surface area contributed by atoms with Gasteiger partial charge in [-0.3, -0.25) is 9.69 Å². The number of methoxy groups -OCH3 is 1. The lowest BCUT2D eigenvalue weighted by Gasteiger charge is -2.40. The van der Waals surface area contributed by atoms with E-state index >= 15 is 0 Å². The van der Waals surface area contributed by atoms with Gasteiger partial charge in [-0.15, -0.1) is 11.3 Å². The Hall–Kier alpha value is -1.43. The fourth-order valence-electron chi connectivity index (χ4n) is 3.75. The molecule has 1 aliphatic rings. The minimum Gasteiger partial charge on any atom is -0.466 e. The zero-order valence-electron chi connectivity index (χ0n) is 15.1. The first-order chi connectivity index (χ1) is 12.2. The molecule has 136 valence electrons. The van der Waals surface area contributed by atoms with Gasteiger partial charge in [0, 0.05) is 36.4 Å². The molecule has 0 aliphatic carbocycles. The number of hydrogen-bond donors (Lipinski definition) is 0. The summed E-state index contributed by atoms with van der Waals surface area (Å²) in [5.74, 6) is -0.0620. The van der Waals surface area contributed by atoms with Gasteiger partial charge in [0.05, 0.1) is 12.0 Å². The van der Waals surface area contributed by atoms with Crippen LogP contribution in [0.15, 0.2) is 30.3 Å². The minimum atomic E-state index is -0.430. The Bertz CT molecular complexity index is 681. The van der Waals surface area contributed by atoms with Crippen LogP contribution in [-0.2, 0) is 20.8 Å². The second-order valence-electron chi connectivity index (χ2n) is 6.81. The maximum absolute atomic E-state index is 12.7. The third kappa shape index (κ3) is 4.22. The first-order valence-corrected chi connectivity index (χ1v) is 9.84. The minimum absolute atomic E-state index is 0.0620. The summed E-state index contributed by atoms with van der Waals surface area (Å²) in [6.07, 6.45) is 2.64. The molecule has 1 aromatic carbocycles. The van der Waals surface area contributed by atoms with Crippen LogP contribution in [-0.4, -0.2) is 44.3 Å². The fourth-order valence-corrected chi connectivity index (χ4v) is 4.86. The molecule has 1 fully saturated rings. The van der Waals surface area contributed by atoms with Crippen LogP contribution in [0.5, 0.6) is 0 Å². The van der Waals surface area contributed by atoms with Crippen LogP contribution >= 0.6 is 11.3 Å². The average molecular weight is 362 g/mol. The number of fused-ring (bicyclic) bond motifs is 1. The van der Waals surface area contributed by atoms with E-state index in [1.165, 1.54) is 15.0 Å². The Kier molecular flexibility index (Phi) is 6.10. The van der Waals surface area contributed by atoms with Crippen molar-refractivity contribution in [3.05, 3.63) is 35.2 Å². The van der Waals surface area contributed by atoms with Gasteiger partial charge >= 0.3 is 5.97 Å². The number of rotatable bonds is 7. The molecule has 0 bridgehead atoms. The zero-order valence-corrected chi connectivity index (χ0v) is 15.9. The normalized spacial score (nSPS) is 21.5. The molecule has 3 rings (SSSR count). The van der Waals surface area contributed by atoms with Gasteiger partial charge < -0.3 is 9.47 Å². The molecule has 5 heteroatoms. The van der Waals surface area contributed by atoms with Crippen molar-refractivity contribution in [1.29, 1.82) is 0 Å². The second kappa shape index (κ2) is 8.30. The number of carbonyl (C=O) groups is 1. The third-order valence-electron chi connectivity index (χ3n) is 5.01. The molecule has 0 saturated carbocycles. The quantitative estimate of drug-likeness (QED) is 0.697. The number of carbonyl (C=O) groups excluding carboxylic acids is 1. The van der Waals surface area contributed by atoms with Crippen molar-refractivity contribution >= 4 is 27.4 Å². The van der Waals surface area contributed by atoms with Crippen molar-refractivity contribution in [3.8, 4) is 0 Å². The maximum atomic E-state index is 12.7. The molecule has 2 aromatic rings. The molecule has 0 amide bonds. The molecule has 4 nitrogen and oxygen atoms in total. The summed E-state index contributed by atoms with van der Waals surface area (Å²) in [7, 11) is 1.69. The molecule has 2 heterocycles. The van der Waals surface area contributed by atoms with E-state index in [1.807, 2.05) is 18.3 Å². The Labute approximate surface area is 153 Å². The average Bonchev–Trinajstić information content (AvgIpc) is 3.02. The van der Waals surface area contributed by atoms with Crippen molar-refractivity contribution in [2.75, 3.05) is 33.4 Å². The van der Waals surface area contributed by atoms with Crippen LogP contribution in [0.2, 0.25) is 0 Å². The SMILES string of the molecule is CCOC(=O)[C@@]1(CCOC)CCCN(Cc2cc3ccccc3s2)C1. The Morgan fingerprint density at radius 1 is 1.36 bits per heavy atom. The summed E-state index contributed by atoms with van der Waals surface area (Å²) in [5, 5.41) is 1.30. The largest absolute Gasteiger partial charge is 0.466 e. The van der Waals surface area contributed by atoms with Gasteiger partial charge in [-0.2, -0.15) is 0 Å². The fraction of sp³-hybridized carbons (Fsp3) is 0.550. The summed E-state index contributed by atoms with van der Waals surface area (Å²) >= 11 is 1.85. The van der Waals surface area contributed by atoms with Crippen LogP contribution in [0.3, 0.4) is 0 Å². The second-order valence-corrected chi connectivity index (χ2v) is 7.98. The van der Waals surface area contributed by atoms with E-state index in [0.717, 1.165) is 38.9 Å². The molecule has 25 heavy (non-hydrogen) atoms. The van der Waals surface area contributed by atoms with Crippen LogP contribution in [0.1, 0.15) is 31.1 Å². The van der Waals surface area contributed by atoms with Gasteiger partial charge in [-0.05, 0) is 50.2 Å². The lowest BCUT2D eigenvalue weighted by molar-refractivity contribution is -0.160. The molecule has 0 N–H and O–H groups in total. The van der Waals surface area contributed by atoms with Gasteiger partial charge in [-0.25, -0.2) is 0 Å². The third-order valence-corrected chi connectivity index (χ3v) is 6.11. The molecule has 1 aromatic heterocycles. The predicted molar refractivity (Wildman–Crippen MR) is 102 cm³/mol. The molecule has 1 saturated heterocycles. The van der Waals surface area contributed by atoms with E-state index < -0.39 is 5.41 Å². The van der Waals surface area contributed by atoms with Gasteiger partial charge in [0.1, 0.15) is 0 Å². The number of esters is 1. The topological polar surface area (TPSA) is 38.8 Å². The molecule has 1 atom stereocenters. The van der Waals surface area contributed by atoms with Crippen molar-refractivity contribution < 1.29 is 14.3 Å². The van der Waals surface area contributed by atoms with Crippen LogP contribution in [0.25, 0.3) is 10.1 Å². The van der Waals surface area contributed by atoms with E-state index in [1.54, 1.807) is 7.11 Å². The molecular formula is C20H27NO3S. The summed E-state index contributed by atoms with van der Waals surface area (Å²) in [5.41, 5.74) is -0.430. The molecule has 0 radical (unpaired) electrons. The van der Waals surface area contributed by atoms with Crippen LogP contribution in [0, 0.1) is 5.41 Å². The number of benzene rings is 1.